The Hall–Kier alpha value is -3.67. The monoisotopic (exact) mass is 411 g/mol. The van der Waals surface area contributed by atoms with Crippen molar-refractivity contribution in [2.45, 2.75) is 26.8 Å². The number of benzene rings is 2. The molecule has 2 heterocycles. The Morgan fingerprint density at radius 3 is 2.68 bits per heavy atom. The molecule has 1 amide bonds. The molecule has 3 N–H and O–H groups in total. The van der Waals surface area contributed by atoms with Crippen LogP contribution in [0, 0.1) is 5.41 Å². The Kier molecular flexibility index (Phi) is 4.50. The number of amides is 1. The summed E-state index contributed by atoms with van der Waals surface area (Å²) in [6.45, 7) is 6.65. The minimum absolute atomic E-state index is 0.135. The van der Waals surface area contributed by atoms with E-state index in [1.807, 2.05) is 24.3 Å². The maximum atomic E-state index is 12.4. The van der Waals surface area contributed by atoms with Crippen molar-refractivity contribution < 1.29 is 4.79 Å². The maximum absolute atomic E-state index is 12.4. The Morgan fingerprint density at radius 1 is 1.16 bits per heavy atom. The lowest BCUT2D eigenvalue weighted by atomic mass is 9.89. The highest BCUT2D eigenvalue weighted by molar-refractivity contribution is 5.94. The molecule has 6 heteroatoms. The molecule has 1 aromatic heterocycles. The van der Waals surface area contributed by atoms with E-state index >= 15 is 0 Å². The van der Waals surface area contributed by atoms with Gasteiger partial charge in [0.1, 0.15) is 11.0 Å². The lowest BCUT2D eigenvalue weighted by Gasteiger charge is -2.25. The third-order valence-electron chi connectivity index (χ3n) is 6.35. The fourth-order valence-electron chi connectivity index (χ4n) is 4.73. The second-order valence-electron chi connectivity index (χ2n) is 8.01. The average molecular weight is 412 g/mol. The van der Waals surface area contributed by atoms with Gasteiger partial charge in [-0.05, 0) is 66.8 Å². The van der Waals surface area contributed by atoms with Crippen LogP contribution in [0.25, 0.3) is 6.08 Å². The second-order valence-corrected chi connectivity index (χ2v) is 8.01. The minimum atomic E-state index is -0.563. The third-order valence-corrected chi connectivity index (χ3v) is 6.35. The number of para-hydroxylation sites is 1. The molecular weight excluding hydrogens is 386 g/mol. The van der Waals surface area contributed by atoms with Crippen molar-refractivity contribution in [2.75, 3.05) is 18.0 Å². The zero-order valence-electron chi connectivity index (χ0n) is 17.8. The summed E-state index contributed by atoms with van der Waals surface area (Å²) in [5, 5.41) is 9.66. The van der Waals surface area contributed by atoms with Gasteiger partial charge in [0.05, 0.1) is 17.8 Å². The van der Waals surface area contributed by atoms with Gasteiger partial charge in [-0.3, -0.25) is 10.2 Å². The van der Waals surface area contributed by atoms with Gasteiger partial charge in [-0.1, -0.05) is 24.3 Å². The van der Waals surface area contributed by atoms with Gasteiger partial charge in [0, 0.05) is 24.0 Å². The van der Waals surface area contributed by atoms with Gasteiger partial charge in [0.15, 0.2) is 0 Å². The summed E-state index contributed by atoms with van der Waals surface area (Å²) < 4.78 is 1.80. The maximum Gasteiger partial charge on any atom is 0.252 e. The molecule has 156 valence electrons. The number of hydrogen-bond acceptors (Lipinski definition) is 4. The molecular formula is C25H25N5O. The van der Waals surface area contributed by atoms with Crippen LogP contribution in [-0.4, -0.2) is 23.6 Å². The van der Waals surface area contributed by atoms with Crippen LogP contribution in [0.15, 0.2) is 47.5 Å². The number of carbonyl (C=O) groups is 1. The highest BCUT2D eigenvalue weighted by Gasteiger charge is 2.24. The number of nitrogens with one attached hydrogen (secondary N) is 1. The van der Waals surface area contributed by atoms with Crippen LogP contribution in [-0.2, 0) is 13.0 Å². The topological polar surface area (TPSA) is 87.5 Å². The van der Waals surface area contributed by atoms with E-state index in [4.69, 9.17) is 16.1 Å². The van der Waals surface area contributed by atoms with Crippen molar-refractivity contribution in [3.05, 3.63) is 86.5 Å². The van der Waals surface area contributed by atoms with E-state index in [1.54, 1.807) is 4.57 Å². The summed E-state index contributed by atoms with van der Waals surface area (Å²) in [5.41, 5.74) is 13.1. The molecule has 0 fully saturated rings. The summed E-state index contributed by atoms with van der Waals surface area (Å²) in [6.07, 6.45) is 2.65. The zero-order valence-corrected chi connectivity index (χ0v) is 17.8. The van der Waals surface area contributed by atoms with Crippen LogP contribution in [0.4, 0.5) is 11.4 Å². The summed E-state index contributed by atoms with van der Waals surface area (Å²) >= 11 is 0. The zero-order chi connectivity index (χ0) is 21.7. The number of nitrogens with zero attached hydrogens (tertiary/aromatic N) is 3. The first-order valence-electron chi connectivity index (χ1n) is 10.7. The van der Waals surface area contributed by atoms with Gasteiger partial charge in [0.2, 0.25) is 0 Å². The molecule has 2 aromatic carbocycles. The molecule has 1 aliphatic carbocycles. The van der Waals surface area contributed by atoms with Crippen molar-refractivity contribution in [2.24, 2.45) is 10.7 Å². The molecule has 2 aliphatic rings. The van der Waals surface area contributed by atoms with E-state index < -0.39 is 5.91 Å². The van der Waals surface area contributed by atoms with Crippen LogP contribution in [0.3, 0.4) is 0 Å². The number of rotatable bonds is 4. The molecule has 5 rings (SSSR count). The minimum Gasteiger partial charge on any atom is -0.372 e. The largest absolute Gasteiger partial charge is 0.372 e. The standard InChI is InChI=1S/C25H25N5O/c1-3-29(4-2)18-10-9-15-12-20-19(13-17(15)11-18)22(24(27)31)23(26)30-14-16-7-5-6-8-21(16)28-25(20)30/h5-12,26H,3-4,13-14H2,1-2H3,(H2,27,31). The molecule has 0 saturated carbocycles. The van der Waals surface area contributed by atoms with Crippen LogP contribution in [0.2, 0.25) is 0 Å². The van der Waals surface area contributed by atoms with Gasteiger partial charge >= 0.3 is 0 Å². The van der Waals surface area contributed by atoms with Crippen molar-refractivity contribution in [3.63, 3.8) is 0 Å². The molecule has 0 unspecified atom stereocenters. The average Bonchev–Trinajstić information content (AvgIpc) is 2.78. The first kappa shape index (κ1) is 19.3. The highest BCUT2D eigenvalue weighted by Crippen LogP contribution is 2.26. The highest BCUT2D eigenvalue weighted by atomic mass is 16.1. The van der Waals surface area contributed by atoms with Gasteiger partial charge in [-0.25, -0.2) is 4.99 Å². The van der Waals surface area contributed by atoms with Gasteiger partial charge < -0.3 is 15.2 Å². The third kappa shape index (κ3) is 2.98. The summed E-state index contributed by atoms with van der Waals surface area (Å²) in [6, 6.07) is 14.4. The smallest absolute Gasteiger partial charge is 0.252 e. The van der Waals surface area contributed by atoms with Crippen molar-refractivity contribution in [1.82, 2.24) is 4.57 Å². The number of nitrogens with two attached hydrogens (primary N) is 1. The number of aromatic nitrogens is 1. The van der Waals surface area contributed by atoms with Gasteiger partial charge in [-0.15, -0.1) is 0 Å². The van der Waals surface area contributed by atoms with Crippen LogP contribution in [0.1, 0.15) is 46.5 Å². The van der Waals surface area contributed by atoms with E-state index in [0.717, 1.165) is 51.7 Å². The number of pyridine rings is 1. The van der Waals surface area contributed by atoms with Crippen LogP contribution < -0.4 is 26.8 Å². The second kappa shape index (κ2) is 7.23. The van der Waals surface area contributed by atoms with Gasteiger partial charge in [0.25, 0.3) is 5.91 Å². The van der Waals surface area contributed by atoms with Crippen molar-refractivity contribution in [1.29, 1.82) is 5.41 Å². The van der Waals surface area contributed by atoms with E-state index in [2.05, 4.69) is 43.0 Å². The number of hydrogen-bond donors (Lipinski definition) is 2. The number of primary amides is 1. The Morgan fingerprint density at radius 2 is 1.94 bits per heavy atom. The first-order valence-corrected chi connectivity index (χ1v) is 10.7. The van der Waals surface area contributed by atoms with E-state index in [0.29, 0.717) is 18.5 Å². The molecule has 3 aromatic rings. The molecule has 0 saturated heterocycles. The SMILES string of the molecule is CCN(CC)c1ccc2c(c1)Cc1c(C(N)=O)c(=N)n3c(c1=C2)=Nc1ccccc1C3. The van der Waals surface area contributed by atoms with Crippen LogP contribution in [0.5, 0.6) is 0 Å². The normalized spacial score (nSPS) is 13.1. The molecule has 1 aliphatic heterocycles. The lowest BCUT2D eigenvalue weighted by Crippen LogP contribution is -2.51. The van der Waals surface area contributed by atoms with Crippen molar-refractivity contribution >= 4 is 23.4 Å². The lowest BCUT2D eigenvalue weighted by molar-refractivity contribution is 0.0996. The quantitative estimate of drug-likeness (QED) is 0.474. The summed E-state index contributed by atoms with van der Waals surface area (Å²) in [7, 11) is 0. The first-order chi connectivity index (χ1) is 15.0. The Labute approximate surface area is 180 Å². The Balaban J connectivity index is 1.82. The molecule has 31 heavy (non-hydrogen) atoms. The van der Waals surface area contributed by atoms with Crippen LogP contribution >= 0.6 is 0 Å². The number of anilines is 1. The van der Waals surface area contributed by atoms with Crippen molar-refractivity contribution in [3.8, 4) is 0 Å². The predicted octanol–water partition coefficient (Wildman–Crippen LogP) is 1.96. The molecule has 0 radical (unpaired) electrons. The molecule has 0 bridgehead atoms. The molecule has 0 spiro atoms. The summed E-state index contributed by atoms with van der Waals surface area (Å²) in [4.78, 5) is 19.6. The predicted molar refractivity (Wildman–Crippen MR) is 121 cm³/mol. The summed E-state index contributed by atoms with van der Waals surface area (Å²) in [5.74, 6) is -0.563. The van der Waals surface area contributed by atoms with E-state index in [-0.39, 0.29) is 5.49 Å². The number of fused-ring (bicyclic) bond motifs is 5. The molecule has 0 atom stereocenters. The fourth-order valence-corrected chi connectivity index (χ4v) is 4.73. The van der Waals surface area contributed by atoms with E-state index in [9.17, 15) is 4.79 Å². The fraction of sp³-hybridized carbons (Fsp3) is 0.240. The number of carbonyl (C=O) groups excluding carboxylic acids is 1. The van der Waals surface area contributed by atoms with Gasteiger partial charge in [-0.2, -0.15) is 0 Å². The Bertz CT molecular complexity index is 1410. The van der Waals surface area contributed by atoms with E-state index in [1.165, 1.54) is 5.69 Å². The molecule has 6 nitrogen and oxygen atoms in total.